The average molecular weight is 269 g/mol. The first-order valence-electron chi connectivity index (χ1n) is 7.63. The highest BCUT2D eigenvalue weighted by molar-refractivity contribution is 5.76. The molecule has 1 saturated heterocycles. The minimum absolute atomic E-state index is 0.322. The zero-order valence-corrected chi connectivity index (χ0v) is 13.1. The van der Waals surface area contributed by atoms with Crippen molar-refractivity contribution in [2.24, 2.45) is 17.6 Å². The van der Waals surface area contributed by atoms with Crippen molar-refractivity contribution < 1.29 is 4.79 Å². The van der Waals surface area contributed by atoms with Gasteiger partial charge in [-0.2, -0.15) is 0 Å². The van der Waals surface area contributed by atoms with Crippen molar-refractivity contribution in [3.63, 3.8) is 0 Å². The summed E-state index contributed by atoms with van der Waals surface area (Å²) in [6.45, 7) is 10.1. The summed E-state index contributed by atoms with van der Waals surface area (Å²) in [5, 5.41) is 0. The van der Waals surface area contributed by atoms with Crippen LogP contribution in [-0.4, -0.2) is 55.0 Å². The molecular weight excluding hydrogens is 238 g/mol. The minimum atomic E-state index is 0.322. The topological polar surface area (TPSA) is 49.6 Å². The normalized spacial score (nSPS) is 22.8. The fourth-order valence-corrected chi connectivity index (χ4v) is 2.77. The Hall–Kier alpha value is -0.610. The molecule has 19 heavy (non-hydrogen) atoms. The van der Waals surface area contributed by atoms with Crippen LogP contribution in [0.2, 0.25) is 0 Å². The Morgan fingerprint density at radius 3 is 2.53 bits per heavy atom. The summed E-state index contributed by atoms with van der Waals surface area (Å²) >= 11 is 0. The Bertz CT molecular complexity index is 281. The molecule has 0 saturated carbocycles. The highest BCUT2D eigenvalue weighted by atomic mass is 16.2. The molecule has 4 nitrogen and oxygen atoms in total. The quantitative estimate of drug-likeness (QED) is 0.796. The number of piperazine rings is 1. The molecule has 0 aliphatic carbocycles. The van der Waals surface area contributed by atoms with Gasteiger partial charge in [0, 0.05) is 32.1 Å². The monoisotopic (exact) mass is 269 g/mol. The number of hydrogen-bond acceptors (Lipinski definition) is 3. The van der Waals surface area contributed by atoms with Crippen molar-refractivity contribution in [2.75, 3.05) is 33.2 Å². The van der Waals surface area contributed by atoms with Gasteiger partial charge in [0.15, 0.2) is 0 Å². The molecule has 2 atom stereocenters. The molecule has 1 fully saturated rings. The van der Waals surface area contributed by atoms with Crippen LogP contribution >= 0.6 is 0 Å². The molecule has 1 aliphatic rings. The van der Waals surface area contributed by atoms with E-state index in [-0.39, 0.29) is 0 Å². The Balaban J connectivity index is 2.38. The van der Waals surface area contributed by atoms with Crippen LogP contribution in [0.1, 0.15) is 40.0 Å². The summed E-state index contributed by atoms with van der Waals surface area (Å²) in [6, 6.07) is 0.475. The number of carbonyl (C=O) groups is 1. The summed E-state index contributed by atoms with van der Waals surface area (Å²) in [4.78, 5) is 16.6. The molecular formula is C15H31N3O. The molecule has 0 spiro atoms. The molecule has 1 rings (SSSR count). The van der Waals surface area contributed by atoms with E-state index in [1.54, 1.807) is 0 Å². The van der Waals surface area contributed by atoms with Crippen molar-refractivity contribution in [2.45, 2.75) is 46.1 Å². The second-order valence-corrected chi connectivity index (χ2v) is 6.29. The zero-order chi connectivity index (χ0) is 14.4. The van der Waals surface area contributed by atoms with E-state index in [0.29, 0.717) is 30.2 Å². The van der Waals surface area contributed by atoms with Crippen molar-refractivity contribution in [3.05, 3.63) is 0 Å². The molecule has 2 N–H and O–H groups in total. The second-order valence-electron chi connectivity index (χ2n) is 6.29. The van der Waals surface area contributed by atoms with E-state index >= 15 is 0 Å². The van der Waals surface area contributed by atoms with Gasteiger partial charge in [0.05, 0.1) is 0 Å². The second kappa shape index (κ2) is 7.85. The number of nitrogens with zero attached hydrogens (tertiary/aromatic N) is 2. The van der Waals surface area contributed by atoms with Crippen molar-refractivity contribution >= 4 is 5.91 Å². The first-order chi connectivity index (χ1) is 8.95. The Labute approximate surface area is 118 Å². The van der Waals surface area contributed by atoms with Gasteiger partial charge in [-0.3, -0.25) is 4.79 Å². The lowest BCUT2D eigenvalue weighted by molar-refractivity contribution is -0.134. The highest BCUT2D eigenvalue weighted by Crippen LogP contribution is 2.21. The fourth-order valence-electron chi connectivity index (χ4n) is 2.77. The van der Waals surface area contributed by atoms with Gasteiger partial charge in [-0.1, -0.05) is 13.8 Å². The lowest BCUT2D eigenvalue weighted by Gasteiger charge is -2.38. The Morgan fingerprint density at radius 2 is 2.00 bits per heavy atom. The molecule has 1 aliphatic heterocycles. The summed E-state index contributed by atoms with van der Waals surface area (Å²) in [6.07, 6.45) is 2.69. The lowest BCUT2D eigenvalue weighted by Crippen LogP contribution is -2.52. The first-order valence-corrected chi connectivity index (χ1v) is 7.63. The van der Waals surface area contributed by atoms with Crippen LogP contribution in [0.25, 0.3) is 0 Å². The number of hydrogen-bond donors (Lipinski definition) is 1. The average Bonchev–Trinajstić information content (AvgIpc) is 2.37. The van der Waals surface area contributed by atoms with E-state index in [2.05, 4.69) is 32.7 Å². The van der Waals surface area contributed by atoms with E-state index in [4.69, 9.17) is 5.73 Å². The maximum absolute atomic E-state index is 12.3. The standard InChI is InChI=1S/C15H31N3O/c1-12(2)14(7-8-16)5-6-15(19)18-10-9-17(4)13(3)11-18/h12-14H,5-11,16H2,1-4H3. The molecule has 0 radical (unpaired) electrons. The Kier molecular flexibility index (Phi) is 6.80. The number of carbonyl (C=O) groups excluding carboxylic acids is 1. The van der Waals surface area contributed by atoms with E-state index < -0.39 is 0 Å². The smallest absolute Gasteiger partial charge is 0.222 e. The molecule has 2 unspecified atom stereocenters. The van der Waals surface area contributed by atoms with E-state index in [9.17, 15) is 4.79 Å². The van der Waals surface area contributed by atoms with Crippen molar-refractivity contribution in [3.8, 4) is 0 Å². The van der Waals surface area contributed by atoms with Crippen LogP contribution in [-0.2, 0) is 4.79 Å². The molecule has 1 heterocycles. The predicted octanol–water partition coefficient (Wildman–Crippen LogP) is 1.55. The summed E-state index contributed by atoms with van der Waals surface area (Å²) in [5.41, 5.74) is 5.65. The van der Waals surface area contributed by atoms with Crippen LogP contribution in [0.15, 0.2) is 0 Å². The minimum Gasteiger partial charge on any atom is -0.340 e. The third-order valence-corrected chi connectivity index (χ3v) is 4.52. The predicted molar refractivity (Wildman–Crippen MR) is 79.9 cm³/mol. The summed E-state index contributed by atoms with van der Waals surface area (Å²) in [7, 11) is 2.13. The third kappa shape index (κ3) is 5.11. The van der Waals surface area contributed by atoms with Gasteiger partial charge >= 0.3 is 0 Å². The maximum atomic E-state index is 12.3. The molecule has 4 heteroatoms. The summed E-state index contributed by atoms with van der Waals surface area (Å²) < 4.78 is 0. The number of likely N-dealkylation sites (N-methyl/N-ethyl adjacent to an activating group) is 1. The lowest BCUT2D eigenvalue weighted by atomic mass is 9.88. The Morgan fingerprint density at radius 1 is 1.32 bits per heavy atom. The van der Waals surface area contributed by atoms with Gasteiger partial charge in [0.25, 0.3) is 0 Å². The SMILES string of the molecule is CC(C)C(CCN)CCC(=O)N1CCN(C)C(C)C1. The molecule has 0 aromatic carbocycles. The van der Waals surface area contributed by atoms with Gasteiger partial charge in [0.2, 0.25) is 5.91 Å². The van der Waals surface area contributed by atoms with Crippen LogP contribution < -0.4 is 5.73 Å². The van der Waals surface area contributed by atoms with Crippen LogP contribution in [0, 0.1) is 11.8 Å². The van der Waals surface area contributed by atoms with E-state index in [0.717, 1.165) is 39.0 Å². The zero-order valence-electron chi connectivity index (χ0n) is 13.1. The molecule has 1 amide bonds. The van der Waals surface area contributed by atoms with Crippen molar-refractivity contribution in [1.82, 2.24) is 9.80 Å². The summed E-state index contributed by atoms with van der Waals surface area (Å²) in [5.74, 6) is 1.52. The third-order valence-electron chi connectivity index (χ3n) is 4.52. The number of nitrogens with two attached hydrogens (primary N) is 1. The van der Waals surface area contributed by atoms with Crippen LogP contribution in [0.5, 0.6) is 0 Å². The number of rotatable bonds is 6. The molecule has 112 valence electrons. The van der Waals surface area contributed by atoms with Gasteiger partial charge in [-0.15, -0.1) is 0 Å². The molecule has 0 bridgehead atoms. The van der Waals surface area contributed by atoms with Gasteiger partial charge in [-0.05, 0) is 45.2 Å². The van der Waals surface area contributed by atoms with Crippen LogP contribution in [0.3, 0.4) is 0 Å². The van der Waals surface area contributed by atoms with Gasteiger partial charge in [-0.25, -0.2) is 0 Å². The van der Waals surface area contributed by atoms with Crippen molar-refractivity contribution in [1.29, 1.82) is 0 Å². The van der Waals surface area contributed by atoms with Gasteiger partial charge in [0.1, 0.15) is 0 Å². The fraction of sp³-hybridized carbons (Fsp3) is 0.933. The molecule has 0 aromatic heterocycles. The van der Waals surface area contributed by atoms with E-state index in [1.807, 2.05) is 4.90 Å². The largest absolute Gasteiger partial charge is 0.340 e. The highest BCUT2D eigenvalue weighted by Gasteiger charge is 2.24. The van der Waals surface area contributed by atoms with Gasteiger partial charge < -0.3 is 15.5 Å². The molecule has 0 aromatic rings. The first kappa shape index (κ1) is 16.4. The van der Waals surface area contributed by atoms with Crippen LogP contribution in [0.4, 0.5) is 0 Å². The number of amides is 1. The van der Waals surface area contributed by atoms with E-state index in [1.165, 1.54) is 0 Å². The maximum Gasteiger partial charge on any atom is 0.222 e.